The van der Waals surface area contributed by atoms with Gasteiger partial charge in [0.1, 0.15) is 11.5 Å². The lowest BCUT2D eigenvalue weighted by molar-refractivity contribution is -0.105. The molecule has 0 aliphatic carbocycles. The molecule has 0 fully saturated rings. The van der Waals surface area contributed by atoms with Gasteiger partial charge in [0.15, 0.2) is 0 Å². The van der Waals surface area contributed by atoms with Gasteiger partial charge >= 0.3 is 0 Å². The van der Waals surface area contributed by atoms with Gasteiger partial charge in [-0.2, -0.15) is 0 Å². The predicted octanol–water partition coefficient (Wildman–Crippen LogP) is 2.61. The topological polar surface area (TPSA) is 90.8 Å². The molecule has 0 heterocycles. The number of anilines is 1. The number of benzene rings is 2. The third-order valence-corrected chi connectivity index (χ3v) is 4.06. The summed E-state index contributed by atoms with van der Waals surface area (Å²) in [5.41, 5.74) is 2.08. The fourth-order valence-corrected chi connectivity index (χ4v) is 2.68. The van der Waals surface area contributed by atoms with Crippen molar-refractivity contribution in [3.8, 4) is 11.5 Å². The summed E-state index contributed by atoms with van der Waals surface area (Å²) in [7, 11) is 0. The fourth-order valence-electron chi connectivity index (χ4n) is 2.68. The Morgan fingerprint density at radius 3 is 2.58 bits per heavy atom. The van der Waals surface area contributed by atoms with Crippen molar-refractivity contribution in [2.45, 2.75) is 32.4 Å². The van der Waals surface area contributed by atoms with Crippen molar-refractivity contribution < 1.29 is 19.7 Å². The van der Waals surface area contributed by atoms with Gasteiger partial charge in [-0.15, -0.1) is 0 Å². The number of carbonyl (C=O) groups is 1. The molecule has 0 radical (unpaired) electrons. The molecule has 0 saturated heterocycles. The Kier molecular flexibility index (Phi) is 7.44. The minimum atomic E-state index is -0.745. The molecular formula is C20H26N2O4. The van der Waals surface area contributed by atoms with Crippen molar-refractivity contribution >= 4 is 12.1 Å². The van der Waals surface area contributed by atoms with E-state index >= 15 is 0 Å². The highest BCUT2D eigenvalue weighted by molar-refractivity contribution is 5.75. The quantitative estimate of drug-likeness (QED) is 0.387. The number of phenolic OH excluding ortho intramolecular Hbond substituents is 1. The Balaban J connectivity index is 1.87. The predicted molar refractivity (Wildman–Crippen MR) is 102 cm³/mol. The maximum atomic E-state index is 10.5. The van der Waals surface area contributed by atoms with E-state index < -0.39 is 6.10 Å². The molecule has 0 aliphatic rings. The molecule has 0 aliphatic heterocycles. The molecule has 2 aromatic rings. The molecule has 0 bridgehead atoms. The highest BCUT2D eigenvalue weighted by Gasteiger charge is 2.12. The Morgan fingerprint density at radius 1 is 1.19 bits per heavy atom. The lowest BCUT2D eigenvalue weighted by Gasteiger charge is -2.18. The van der Waals surface area contributed by atoms with Crippen LogP contribution >= 0.6 is 0 Å². The SMILES string of the molecule is CCOc1ccc(CC(C)NCC(O)c2ccc(O)c(NC=O)c2)cc1. The summed E-state index contributed by atoms with van der Waals surface area (Å²) in [4.78, 5) is 10.5. The van der Waals surface area contributed by atoms with Crippen LogP contribution in [0.2, 0.25) is 0 Å². The van der Waals surface area contributed by atoms with Gasteiger partial charge in [0, 0.05) is 12.6 Å². The monoisotopic (exact) mass is 358 g/mol. The fraction of sp³-hybridized carbons (Fsp3) is 0.350. The molecule has 2 aromatic carbocycles. The second-order valence-corrected chi connectivity index (χ2v) is 6.14. The lowest BCUT2D eigenvalue weighted by Crippen LogP contribution is -2.32. The van der Waals surface area contributed by atoms with Crippen molar-refractivity contribution in [1.82, 2.24) is 5.32 Å². The van der Waals surface area contributed by atoms with Crippen LogP contribution in [0.1, 0.15) is 31.1 Å². The van der Waals surface area contributed by atoms with Crippen molar-refractivity contribution in [3.05, 3.63) is 53.6 Å². The van der Waals surface area contributed by atoms with E-state index in [4.69, 9.17) is 4.74 Å². The molecule has 26 heavy (non-hydrogen) atoms. The standard InChI is InChI=1S/C20H26N2O4/c1-3-26-17-7-4-15(5-8-17)10-14(2)21-12-20(25)16-6-9-19(24)18(11-16)22-13-23/h4-9,11,13-14,20-21,24-25H,3,10,12H2,1-2H3,(H,22,23). The number of amides is 1. The minimum absolute atomic E-state index is 0.0372. The van der Waals surface area contributed by atoms with Crippen LogP contribution in [-0.2, 0) is 11.2 Å². The van der Waals surface area contributed by atoms with E-state index in [1.165, 1.54) is 11.6 Å². The number of hydrogen-bond donors (Lipinski definition) is 4. The van der Waals surface area contributed by atoms with E-state index in [-0.39, 0.29) is 17.5 Å². The van der Waals surface area contributed by atoms with Gasteiger partial charge in [-0.05, 0) is 55.7 Å². The number of hydrogen-bond acceptors (Lipinski definition) is 5. The molecule has 6 heteroatoms. The zero-order valence-electron chi connectivity index (χ0n) is 15.1. The van der Waals surface area contributed by atoms with E-state index in [1.54, 1.807) is 12.1 Å². The molecule has 2 unspecified atom stereocenters. The highest BCUT2D eigenvalue weighted by atomic mass is 16.5. The molecular weight excluding hydrogens is 332 g/mol. The number of phenols is 1. The molecule has 2 atom stereocenters. The zero-order chi connectivity index (χ0) is 18.9. The van der Waals surface area contributed by atoms with Crippen LogP contribution in [0.4, 0.5) is 5.69 Å². The Bertz CT molecular complexity index is 703. The number of aliphatic hydroxyl groups is 1. The third-order valence-electron chi connectivity index (χ3n) is 4.06. The first-order valence-corrected chi connectivity index (χ1v) is 8.69. The maximum Gasteiger partial charge on any atom is 0.211 e. The van der Waals surface area contributed by atoms with Crippen LogP contribution in [0.3, 0.4) is 0 Å². The third kappa shape index (κ3) is 5.75. The van der Waals surface area contributed by atoms with Crippen LogP contribution in [0.15, 0.2) is 42.5 Å². The lowest BCUT2D eigenvalue weighted by atomic mass is 10.1. The summed E-state index contributed by atoms with van der Waals surface area (Å²) in [6.45, 7) is 5.02. The van der Waals surface area contributed by atoms with Gasteiger partial charge in [0.2, 0.25) is 6.41 Å². The maximum absolute atomic E-state index is 10.5. The van der Waals surface area contributed by atoms with Crippen LogP contribution in [0.25, 0.3) is 0 Å². The average Bonchev–Trinajstić information content (AvgIpc) is 2.63. The van der Waals surface area contributed by atoms with Gasteiger partial charge in [-0.25, -0.2) is 0 Å². The molecule has 0 aromatic heterocycles. The first-order valence-electron chi connectivity index (χ1n) is 8.69. The van der Waals surface area contributed by atoms with Crippen molar-refractivity contribution in [3.63, 3.8) is 0 Å². The molecule has 4 N–H and O–H groups in total. The zero-order valence-corrected chi connectivity index (χ0v) is 15.1. The summed E-state index contributed by atoms with van der Waals surface area (Å²) in [6.07, 6.45) is 0.570. The van der Waals surface area contributed by atoms with Gasteiger partial charge in [-0.1, -0.05) is 18.2 Å². The molecule has 1 amide bonds. The molecule has 6 nitrogen and oxygen atoms in total. The second kappa shape index (κ2) is 9.79. The summed E-state index contributed by atoms with van der Waals surface area (Å²) >= 11 is 0. The normalized spacial score (nSPS) is 13.0. The van der Waals surface area contributed by atoms with E-state index in [0.29, 0.717) is 25.1 Å². The Morgan fingerprint density at radius 2 is 1.92 bits per heavy atom. The number of nitrogens with one attached hydrogen (secondary N) is 2. The van der Waals surface area contributed by atoms with Gasteiger partial charge in [0.05, 0.1) is 18.4 Å². The summed E-state index contributed by atoms with van der Waals surface area (Å²) in [5, 5.41) is 25.7. The number of ether oxygens (including phenoxy) is 1. The van der Waals surface area contributed by atoms with E-state index in [9.17, 15) is 15.0 Å². The van der Waals surface area contributed by atoms with E-state index in [0.717, 1.165) is 12.2 Å². The molecule has 2 rings (SSSR count). The highest BCUT2D eigenvalue weighted by Crippen LogP contribution is 2.26. The van der Waals surface area contributed by atoms with Crippen LogP contribution in [-0.4, -0.2) is 35.8 Å². The average molecular weight is 358 g/mol. The van der Waals surface area contributed by atoms with E-state index in [1.807, 2.05) is 31.2 Å². The summed E-state index contributed by atoms with van der Waals surface area (Å²) < 4.78 is 5.44. The van der Waals surface area contributed by atoms with Crippen molar-refractivity contribution in [2.75, 3.05) is 18.5 Å². The molecule has 0 saturated carbocycles. The van der Waals surface area contributed by atoms with Crippen LogP contribution < -0.4 is 15.4 Å². The second-order valence-electron chi connectivity index (χ2n) is 6.14. The number of aliphatic hydroxyl groups excluding tert-OH is 1. The van der Waals surface area contributed by atoms with Crippen LogP contribution in [0, 0.1) is 0 Å². The first kappa shape index (κ1) is 19.8. The van der Waals surface area contributed by atoms with Gasteiger partial charge in [0.25, 0.3) is 0 Å². The largest absolute Gasteiger partial charge is 0.506 e. The Labute approximate surface area is 153 Å². The van der Waals surface area contributed by atoms with Crippen molar-refractivity contribution in [1.29, 1.82) is 0 Å². The van der Waals surface area contributed by atoms with E-state index in [2.05, 4.69) is 17.6 Å². The van der Waals surface area contributed by atoms with Crippen LogP contribution in [0.5, 0.6) is 11.5 Å². The molecule has 140 valence electrons. The van der Waals surface area contributed by atoms with Gasteiger partial charge < -0.3 is 25.6 Å². The number of rotatable bonds is 10. The molecule has 0 spiro atoms. The smallest absolute Gasteiger partial charge is 0.211 e. The summed E-state index contributed by atoms with van der Waals surface area (Å²) in [5.74, 6) is 0.823. The van der Waals surface area contributed by atoms with Crippen molar-refractivity contribution in [2.24, 2.45) is 0 Å². The summed E-state index contributed by atoms with van der Waals surface area (Å²) in [6, 6.07) is 12.8. The van der Waals surface area contributed by atoms with Gasteiger partial charge in [-0.3, -0.25) is 4.79 Å². The number of aromatic hydroxyl groups is 1. The number of carbonyl (C=O) groups excluding carboxylic acids is 1. The Hall–Kier alpha value is -2.57. The first-order chi connectivity index (χ1) is 12.5. The minimum Gasteiger partial charge on any atom is -0.506 e.